The molecule has 79 heavy (non-hydrogen) atoms. The first kappa shape index (κ1) is 61.7. The maximum absolute atomic E-state index is 15.2. The van der Waals surface area contributed by atoms with Crippen LogP contribution in [-0.4, -0.2) is 224 Å². The van der Waals surface area contributed by atoms with E-state index < -0.39 is 171 Å². The molecule has 5 heterocycles. The van der Waals surface area contributed by atoms with Gasteiger partial charge < -0.3 is 108 Å². The molecular weight excluding hydrogens is 1040 g/mol. The van der Waals surface area contributed by atoms with E-state index in [0.717, 1.165) is 0 Å². The van der Waals surface area contributed by atoms with Crippen LogP contribution in [0.1, 0.15) is 121 Å². The fourth-order valence-corrected chi connectivity index (χ4v) is 12.0. The zero-order valence-electron chi connectivity index (χ0n) is 46.3. The van der Waals surface area contributed by atoms with E-state index >= 15 is 4.79 Å². The third-order valence-electron chi connectivity index (χ3n) is 16.7. The minimum atomic E-state index is -1.94. The topological polar surface area (TPSA) is 347 Å². The minimum absolute atomic E-state index is 0.0208. The van der Waals surface area contributed by atoms with Gasteiger partial charge in [0.05, 0.1) is 78.1 Å². The number of methoxy groups -OCH3 is 2. The molecule has 24 heteroatoms. The lowest BCUT2D eigenvalue weighted by Crippen LogP contribution is -2.57. The molecule has 26 atom stereocenters. The molecule has 0 saturated carbocycles. The number of ether oxygens (including phenoxy) is 12. The van der Waals surface area contributed by atoms with Gasteiger partial charge in [-0.15, -0.1) is 0 Å². The molecule has 0 unspecified atom stereocenters. The summed E-state index contributed by atoms with van der Waals surface area (Å²) < 4.78 is 73.5. The van der Waals surface area contributed by atoms with Crippen molar-refractivity contribution in [3.05, 3.63) is 28.8 Å². The predicted octanol–water partition coefficient (Wildman–Crippen LogP) is 1.22. The Kier molecular flexibility index (Phi) is 20.1. The van der Waals surface area contributed by atoms with Crippen molar-refractivity contribution in [2.45, 2.75) is 254 Å². The highest BCUT2D eigenvalue weighted by Crippen LogP contribution is 2.50. The normalized spacial score (nSPS) is 40.8. The zero-order chi connectivity index (χ0) is 57.6. The van der Waals surface area contributed by atoms with E-state index in [0.29, 0.717) is 6.42 Å². The van der Waals surface area contributed by atoms with Crippen molar-refractivity contribution in [3.63, 3.8) is 0 Å². The number of aliphatic hydroxyl groups excluding tert-OH is 8. The first-order valence-electron chi connectivity index (χ1n) is 27.5. The smallest absolute Gasteiger partial charge is 0.202 e. The molecule has 0 spiro atoms. The summed E-state index contributed by atoms with van der Waals surface area (Å²) in [6.45, 7) is 13.1. The Morgan fingerprint density at radius 3 is 1.65 bits per heavy atom. The molecule has 2 aromatic carbocycles. The number of fused-ring (bicyclic) bond motifs is 2. The lowest BCUT2D eigenvalue weighted by molar-refractivity contribution is -0.339. The van der Waals surface area contributed by atoms with Crippen molar-refractivity contribution >= 4 is 22.3 Å². The Bertz CT molecular complexity index is 2380. The second kappa shape index (κ2) is 25.7. The number of rotatable bonds is 18. The van der Waals surface area contributed by atoms with E-state index in [-0.39, 0.29) is 83.4 Å². The molecule has 10 N–H and O–H groups in total. The van der Waals surface area contributed by atoms with Gasteiger partial charge in [-0.05, 0) is 83.4 Å². The van der Waals surface area contributed by atoms with Gasteiger partial charge in [0.25, 0.3) is 0 Å². The summed E-state index contributed by atoms with van der Waals surface area (Å²) in [7, 11) is 2.71. The first-order chi connectivity index (χ1) is 37.3. The Hall–Kier alpha value is -3.32. The first-order valence-corrected chi connectivity index (χ1v) is 27.5. The molecule has 0 amide bonds. The van der Waals surface area contributed by atoms with E-state index in [2.05, 4.69) is 0 Å². The summed E-state index contributed by atoms with van der Waals surface area (Å²) in [6, 6.07) is 3.12. The summed E-state index contributed by atoms with van der Waals surface area (Å²) in [4.78, 5) is 29.1. The lowest BCUT2D eigenvalue weighted by Gasteiger charge is -2.46. The number of aliphatic hydroxyl groups is 8. The molecule has 24 nitrogen and oxygen atoms in total. The van der Waals surface area contributed by atoms with Crippen LogP contribution in [0.2, 0.25) is 0 Å². The molecular formula is C55H82O24. The van der Waals surface area contributed by atoms with Crippen molar-refractivity contribution in [2.75, 3.05) is 14.2 Å². The molecule has 2 aromatic rings. The fourth-order valence-electron chi connectivity index (χ4n) is 12.0. The summed E-state index contributed by atoms with van der Waals surface area (Å²) in [5.41, 5.74) is 0.261. The quantitative estimate of drug-likeness (QED) is 0.100. The van der Waals surface area contributed by atoms with Gasteiger partial charge in [-0.1, -0.05) is 13.8 Å². The van der Waals surface area contributed by atoms with Crippen molar-refractivity contribution in [2.24, 2.45) is 5.92 Å². The number of benzene rings is 2. The van der Waals surface area contributed by atoms with Crippen LogP contribution >= 0.6 is 0 Å². The summed E-state index contributed by atoms with van der Waals surface area (Å²) in [5, 5.41) is 110. The summed E-state index contributed by atoms with van der Waals surface area (Å²) in [6.07, 6.45) is -25.9. The minimum Gasteiger partial charge on any atom is -0.507 e. The van der Waals surface area contributed by atoms with Gasteiger partial charge in [0, 0.05) is 57.8 Å². The number of ketones is 2. The standard InChI is InChI=1S/C55H82O24/c1-11-20(2)41-32(75-36-15-30(57)45(60)22(4)70-36)14-28-12-27-13-29(54(69-10)52(67)44(59)21(3)56)55(51(66)43(27)50(65)42(28)49(41)64)79-40-18-34(48(63)25(7)73-40)76-38-17-33(47(62)24(6)72-38)77-39-19-35(53(68-9)26(8)74-39)78-37-16-31(58)46(61)23(5)71-37/h12,14,20-26,29-31,33-40,44-48,53-65H,11,13,15-19H2,1-10H3/t20-,21-,22-,23-,24-,25-,26-,29+,30-,31-,33-,34-,35-,36+,37+,38+,39+,40+,44+,45-,46-,47+,48-,53-,54+,55+/m1/s1. The Balaban J connectivity index is 1.04. The Morgan fingerprint density at radius 1 is 0.646 bits per heavy atom. The van der Waals surface area contributed by atoms with Crippen LogP contribution in [-0.2, 0) is 63.3 Å². The zero-order valence-corrected chi connectivity index (χ0v) is 46.3. The summed E-state index contributed by atoms with van der Waals surface area (Å²) >= 11 is 0. The Morgan fingerprint density at radius 2 is 1.13 bits per heavy atom. The number of hydrogen-bond donors (Lipinski definition) is 10. The average Bonchev–Trinajstić information content (AvgIpc) is 3.48. The van der Waals surface area contributed by atoms with E-state index in [1.165, 1.54) is 21.1 Å². The number of carbonyl (C=O) groups excluding carboxylic acids is 2. The van der Waals surface area contributed by atoms with Crippen LogP contribution in [0.5, 0.6) is 17.2 Å². The van der Waals surface area contributed by atoms with Crippen LogP contribution in [0.3, 0.4) is 0 Å². The van der Waals surface area contributed by atoms with E-state index in [1.54, 1.807) is 46.8 Å². The monoisotopic (exact) mass is 1130 g/mol. The van der Waals surface area contributed by atoms with Gasteiger partial charge in [0.2, 0.25) is 6.29 Å². The Labute approximate surface area is 458 Å². The highest BCUT2D eigenvalue weighted by atomic mass is 16.7. The molecule has 5 fully saturated rings. The molecule has 6 aliphatic rings. The third kappa shape index (κ3) is 12.9. The number of aromatic hydroxyl groups is 2. The number of carbonyl (C=O) groups is 2. The van der Waals surface area contributed by atoms with Gasteiger partial charge in [-0.2, -0.15) is 0 Å². The van der Waals surface area contributed by atoms with Gasteiger partial charge in [0.15, 0.2) is 36.7 Å². The molecule has 0 radical (unpaired) electrons. The number of hydrogen-bond acceptors (Lipinski definition) is 24. The highest BCUT2D eigenvalue weighted by molar-refractivity contribution is 6.11. The highest BCUT2D eigenvalue weighted by Gasteiger charge is 2.51. The van der Waals surface area contributed by atoms with Crippen LogP contribution < -0.4 is 4.74 Å². The summed E-state index contributed by atoms with van der Waals surface area (Å²) in [5.74, 6) is -4.22. The van der Waals surface area contributed by atoms with Gasteiger partial charge in [-0.3, -0.25) is 9.59 Å². The maximum atomic E-state index is 15.2. The predicted molar refractivity (Wildman–Crippen MR) is 273 cm³/mol. The molecule has 5 saturated heterocycles. The van der Waals surface area contributed by atoms with Crippen LogP contribution in [0.15, 0.2) is 12.1 Å². The lowest BCUT2D eigenvalue weighted by atomic mass is 9.74. The fraction of sp³-hybridized carbons (Fsp3) is 0.782. The van der Waals surface area contributed by atoms with E-state index in [1.807, 2.05) is 13.8 Å². The van der Waals surface area contributed by atoms with E-state index in [4.69, 9.17) is 56.8 Å². The van der Waals surface area contributed by atoms with Gasteiger partial charge >= 0.3 is 0 Å². The van der Waals surface area contributed by atoms with Crippen LogP contribution in [0.4, 0.5) is 0 Å². The van der Waals surface area contributed by atoms with E-state index in [9.17, 15) is 55.9 Å². The third-order valence-corrected chi connectivity index (χ3v) is 16.7. The van der Waals surface area contributed by atoms with Crippen LogP contribution in [0, 0.1) is 5.92 Å². The number of phenolic OH excluding ortho intramolecular Hbond substituents is 2. The maximum Gasteiger partial charge on any atom is 0.202 e. The number of phenols is 2. The second-order valence-electron chi connectivity index (χ2n) is 22.3. The number of Topliss-reactive ketones (excluding diaryl/α,β-unsaturated/α-hetero) is 2. The SMILES string of the molecule is CC[C@@H](C)c1c(O[C@H]2C[C@@H](O)[C@H](O)[C@@H](C)O2)cc2cc3c(c(O)c2c1O)C(=O)[C@@H](O[C@H]1C[C@@H](O[C@H]2C[C@@H](O[C@H]4C[C@@H](O[C@H]5C[C@@H](O)[C@H](O)[C@@H](C)O5)[C@H](OC)[C@@H](C)O4)[C@@H](O)[C@@H](C)O2)[C@H](O)[C@@H](C)O1)[C@H]([C@H](OC)C(=O)[C@@H](O)[C@@H](C)O)C3. The molecule has 5 aliphatic heterocycles. The molecule has 1 aliphatic carbocycles. The molecule has 0 bridgehead atoms. The van der Waals surface area contributed by atoms with Gasteiger partial charge in [0.1, 0.15) is 66.1 Å². The largest absolute Gasteiger partial charge is 0.507 e. The van der Waals surface area contributed by atoms with Crippen LogP contribution in [0.25, 0.3) is 10.8 Å². The van der Waals surface area contributed by atoms with Crippen molar-refractivity contribution in [1.29, 1.82) is 0 Å². The average molecular weight is 1130 g/mol. The van der Waals surface area contributed by atoms with Crippen molar-refractivity contribution in [3.8, 4) is 17.2 Å². The molecule has 0 aromatic heterocycles. The van der Waals surface area contributed by atoms with Gasteiger partial charge in [-0.25, -0.2) is 0 Å². The molecule has 446 valence electrons. The molecule has 8 rings (SSSR count). The second-order valence-corrected chi connectivity index (χ2v) is 22.3. The van der Waals surface area contributed by atoms with Crippen molar-refractivity contribution in [1.82, 2.24) is 0 Å². The van der Waals surface area contributed by atoms with Crippen molar-refractivity contribution < 1.29 is 117 Å².